The topological polar surface area (TPSA) is 40.5 Å². The van der Waals surface area contributed by atoms with Crippen molar-refractivity contribution in [3.8, 4) is 0 Å². The number of alkyl halides is 2. The average Bonchev–Trinajstić information content (AvgIpc) is 1.64. The molecular formula is C5H10BrClO2. The maximum atomic E-state index is 9.07. The van der Waals surface area contributed by atoms with Crippen molar-refractivity contribution in [3.63, 3.8) is 0 Å². The van der Waals surface area contributed by atoms with Crippen LogP contribution < -0.4 is 0 Å². The van der Waals surface area contributed by atoms with Crippen molar-refractivity contribution in [3.05, 3.63) is 0 Å². The van der Waals surface area contributed by atoms with E-state index in [2.05, 4.69) is 15.9 Å². The van der Waals surface area contributed by atoms with Gasteiger partial charge in [0, 0.05) is 5.41 Å². The van der Waals surface area contributed by atoms with E-state index in [0.29, 0.717) is 0 Å². The Morgan fingerprint density at radius 3 is 1.89 bits per heavy atom. The molecule has 0 aliphatic rings. The van der Waals surface area contributed by atoms with Crippen LogP contribution in [0.3, 0.4) is 0 Å². The summed E-state index contributed by atoms with van der Waals surface area (Å²) in [5, 5.41) is 17.7. The van der Waals surface area contributed by atoms with Gasteiger partial charge in [0.25, 0.3) is 0 Å². The van der Waals surface area contributed by atoms with Crippen LogP contribution >= 0.6 is 27.5 Å². The van der Waals surface area contributed by atoms with Crippen LogP contribution in [0.5, 0.6) is 0 Å². The van der Waals surface area contributed by atoms with E-state index in [9.17, 15) is 0 Å². The van der Waals surface area contributed by atoms with Crippen LogP contribution in [0.2, 0.25) is 0 Å². The second-order valence-electron chi connectivity index (χ2n) is 2.58. The minimum atomic E-state index is -1.52. The first kappa shape index (κ1) is 9.69. The third-order valence-corrected chi connectivity index (χ3v) is 2.79. The molecule has 0 aromatic rings. The van der Waals surface area contributed by atoms with Gasteiger partial charge in [-0.15, -0.1) is 0 Å². The number of halogens is 2. The Kier molecular flexibility index (Phi) is 2.95. The highest BCUT2D eigenvalue weighted by Crippen LogP contribution is 2.38. The summed E-state index contributed by atoms with van der Waals surface area (Å²) in [4.78, 5) is 0. The highest BCUT2D eigenvalue weighted by atomic mass is 79.9. The van der Waals surface area contributed by atoms with Crippen molar-refractivity contribution in [2.45, 2.75) is 17.8 Å². The fraction of sp³-hybridized carbons (Fsp3) is 1.00. The molecule has 0 aromatic carbocycles. The summed E-state index contributed by atoms with van der Waals surface area (Å²) < 4.78 is -1.52. The lowest BCUT2D eigenvalue weighted by molar-refractivity contribution is 0.0411. The Balaban J connectivity index is 4.14. The molecule has 4 heteroatoms. The molecule has 1 atom stereocenters. The van der Waals surface area contributed by atoms with E-state index in [1.54, 1.807) is 13.8 Å². The van der Waals surface area contributed by atoms with Gasteiger partial charge in [0.05, 0.1) is 6.61 Å². The summed E-state index contributed by atoms with van der Waals surface area (Å²) in [5.41, 5.74) is -0.728. The molecule has 0 aliphatic heterocycles. The fourth-order valence-corrected chi connectivity index (χ4v) is 0.280. The van der Waals surface area contributed by atoms with E-state index in [1.807, 2.05) is 0 Å². The Labute approximate surface area is 68.0 Å². The third-order valence-electron chi connectivity index (χ3n) is 1.21. The van der Waals surface area contributed by atoms with Crippen molar-refractivity contribution < 1.29 is 10.2 Å². The monoisotopic (exact) mass is 216 g/mol. The van der Waals surface area contributed by atoms with Gasteiger partial charge in [0.15, 0.2) is 0 Å². The predicted octanol–water partition coefficient (Wildman–Crippen LogP) is 1.28. The van der Waals surface area contributed by atoms with E-state index >= 15 is 0 Å². The fourth-order valence-electron chi connectivity index (χ4n) is 0.0951. The number of rotatable bonds is 2. The minimum absolute atomic E-state index is 0.168. The molecule has 0 aromatic heterocycles. The molecule has 0 saturated carbocycles. The summed E-state index contributed by atoms with van der Waals surface area (Å²) in [6.07, 6.45) is 0. The molecule has 2 N–H and O–H groups in total. The first-order chi connectivity index (χ1) is 3.81. The number of hydrogen-bond donors (Lipinski definition) is 2. The standard InChI is InChI=1S/C5H10BrClO2/c1-4(2,3-8)5(6,7)9/h8-9H,3H2,1-2H3. The van der Waals surface area contributed by atoms with Crippen molar-refractivity contribution >= 4 is 27.5 Å². The van der Waals surface area contributed by atoms with Crippen molar-refractivity contribution in [2.75, 3.05) is 6.61 Å². The molecule has 0 spiro atoms. The van der Waals surface area contributed by atoms with Gasteiger partial charge in [-0.05, 0) is 15.9 Å². The van der Waals surface area contributed by atoms with Crippen LogP contribution in [0.1, 0.15) is 13.8 Å². The van der Waals surface area contributed by atoms with Crippen LogP contribution in [0, 0.1) is 5.41 Å². The first-order valence-electron chi connectivity index (χ1n) is 2.52. The zero-order chi connectivity index (χ0) is 7.71. The summed E-state index contributed by atoms with van der Waals surface area (Å²) in [6.45, 7) is 3.13. The van der Waals surface area contributed by atoms with Gasteiger partial charge < -0.3 is 10.2 Å². The molecule has 2 nitrogen and oxygen atoms in total. The number of aliphatic hydroxyl groups is 2. The molecule has 0 aliphatic carbocycles. The van der Waals surface area contributed by atoms with E-state index < -0.39 is 9.38 Å². The SMILES string of the molecule is CC(C)(CO)C(O)(Cl)Br. The lowest BCUT2D eigenvalue weighted by atomic mass is 9.96. The van der Waals surface area contributed by atoms with Gasteiger partial charge in [-0.3, -0.25) is 0 Å². The molecule has 56 valence electrons. The van der Waals surface area contributed by atoms with Crippen molar-refractivity contribution in [2.24, 2.45) is 5.41 Å². The molecule has 0 saturated heterocycles. The van der Waals surface area contributed by atoms with Gasteiger partial charge in [-0.1, -0.05) is 25.4 Å². The molecule has 0 heterocycles. The van der Waals surface area contributed by atoms with Gasteiger partial charge in [-0.2, -0.15) is 0 Å². The lowest BCUT2D eigenvalue weighted by Crippen LogP contribution is -2.36. The normalized spacial score (nSPS) is 19.3. The molecule has 0 radical (unpaired) electrons. The largest absolute Gasteiger partial charge is 0.396 e. The van der Waals surface area contributed by atoms with Crippen LogP contribution in [0.15, 0.2) is 0 Å². The Bertz CT molecular complexity index is 97.6. The van der Waals surface area contributed by atoms with E-state index in [-0.39, 0.29) is 6.61 Å². The quantitative estimate of drug-likeness (QED) is 0.684. The van der Waals surface area contributed by atoms with Crippen LogP contribution in [0.4, 0.5) is 0 Å². The van der Waals surface area contributed by atoms with Gasteiger partial charge in [-0.25, -0.2) is 0 Å². The zero-order valence-corrected chi connectivity index (χ0v) is 7.70. The molecule has 0 rings (SSSR count). The maximum Gasteiger partial charge on any atom is 0.202 e. The van der Waals surface area contributed by atoms with Gasteiger partial charge in [0.1, 0.15) is 0 Å². The zero-order valence-electron chi connectivity index (χ0n) is 5.36. The highest BCUT2D eigenvalue weighted by Gasteiger charge is 2.38. The smallest absolute Gasteiger partial charge is 0.202 e. The van der Waals surface area contributed by atoms with Crippen molar-refractivity contribution in [1.29, 1.82) is 0 Å². The van der Waals surface area contributed by atoms with E-state index in [0.717, 1.165) is 0 Å². The molecule has 1 unspecified atom stereocenters. The summed E-state index contributed by atoms with van der Waals surface area (Å²) in [6, 6.07) is 0. The Morgan fingerprint density at radius 2 is 1.89 bits per heavy atom. The second-order valence-corrected chi connectivity index (χ2v) is 4.73. The third kappa shape index (κ3) is 2.42. The van der Waals surface area contributed by atoms with Crippen molar-refractivity contribution in [1.82, 2.24) is 0 Å². The molecule has 9 heavy (non-hydrogen) atoms. The molecule has 0 fully saturated rings. The maximum absolute atomic E-state index is 9.07. The number of hydrogen-bond acceptors (Lipinski definition) is 2. The summed E-state index contributed by atoms with van der Waals surface area (Å²) >= 11 is 8.26. The van der Waals surface area contributed by atoms with Gasteiger partial charge in [0.2, 0.25) is 3.97 Å². The van der Waals surface area contributed by atoms with E-state index in [4.69, 9.17) is 21.8 Å². The molecule has 0 amide bonds. The second kappa shape index (κ2) is 2.74. The highest BCUT2D eigenvalue weighted by molar-refractivity contribution is 9.10. The number of aliphatic hydroxyl groups excluding tert-OH is 1. The Morgan fingerprint density at radius 1 is 1.56 bits per heavy atom. The van der Waals surface area contributed by atoms with Crippen LogP contribution in [-0.4, -0.2) is 20.8 Å². The summed E-state index contributed by atoms with van der Waals surface area (Å²) in [7, 11) is 0. The average molecular weight is 217 g/mol. The first-order valence-corrected chi connectivity index (χ1v) is 3.69. The predicted molar refractivity (Wildman–Crippen MR) is 40.6 cm³/mol. The molecule has 0 bridgehead atoms. The van der Waals surface area contributed by atoms with Gasteiger partial charge >= 0.3 is 0 Å². The van der Waals surface area contributed by atoms with Crippen LogP contribution in [0.25, 0.3) is 0 Å². The summed E-state index contributed by atoms with van der Waals surface area (Å²) in [5.74, 6) is 0. The van der Waals surface area contributed by atoms with E-state index in [1.165, 1.54) is 0 Å². The lowest BCUT2D eigenvalue weighted by Gasteiger charge is -2.30. The minimum Gasteiger partial charge on any atom is -0.396 e. The molecular weight excluding hydrogens is 207 g/mol. The Hall–Kier alpha value is 0.690. The van der Waals surface area contributed by atoms with Crippen LogP contribution in [-0.2, 0) is 0 Å².